The van der Waals surface area contributed by atoms with E-state index in [4.69, 9.17) is 0 Å². The van der Waals surface area contributed by atoms with Crippen LogP contribution in [0.5, 0.6) is 0 Å². The summed E-state index contributed by atoms with van der Waals surface area (Å²) in [7, 11) is 0. The van der Waals surface area contributed by atoms with E-state index in [1.165, 1.54) is 6.07 Å². The van der Waals surface area contributed by atoms with Gasteiger partial charge in [-0.1, -0.05) is 24.3 Å². The number of fused-ring (bicyclic) bond motifs is 1. The molecule has 0 radical (unpaired) electrons. The van der Waals surface area contributed by atoms with E-state index in [-0.39, 0.29) is 5.82 Å². The van der Waals surface area contributed by atoms with E-state index < -0.39 is 11.5 Å². The molecule has 4 heteroatoms. The maximum atomic E-state index is 13.9. The van der Waals surface area contributed by atoms with Crippen molar-refractivity contribution in [3.05, 3.63) is 65.0 Å². The molecule has 0 spiro atoms. The highest BCUT2D eigenvalue weighted by atomic mass is 19.1. The molecule has 0 aliphatic heterocycles. The number of benzene rings is 2. The van der Waals surface area contributed by atoms with Crippen molar-refractivity contribution in [2.75, 3.05) is 5.32 Å². The Morgan fingerprint density at radius 2 is 2.05 bits per heavy atom. The van der Waals surface area contributed by atoms with Gasteiger partial charge < -0.3 is 10.4 Å². The predicted molar refractivity (Wildman–Crippen MR) is 78.8 cm³/mol. The van der Waals surface area contributed by atoms with E-state index in [0.29, 0.717) is 24.0 Å². The first-order chi connectivity index (χ1) is 10.0. The summed E-state index contributed by atoms with van der Waals surface area (Å²) in [6, 6.07) is 12.2. The zero-order chi connectivity index (χ0) is 15.0. The average Bonchev–Trinajstić information content (AvgIpc) is 2.81. The molecule has 1 aliphatic carbocycles. The third kappa shape index (κ3) is 2.17. The first-order valence-electron chi connectivity index (χ1n) is 6.89. The second-order valence-electron chi connectivity index (χ2n) is 5.47. The smallest absolute Gasteiger partial charge is 0.334 e. The molecule has 108 valence electrons. The molecule has 0 amide bonds. The summed E-state index contributed by atoms with van der Waals surface area (Å²) in [4.78, 5) is 11.9. The molecule has 1 aliphatic rings. The lowest BCUT2D eigenvalue weighted by molar-refractivity contribution is -0.142. The number of anilines is 1. The molecule has 1 atom stereocenters. The Labute approximate surface area is 122 Å². The molecule has 21 heavy (non-hydrogen) atoms. The minimum Gasteiger partial charge on any atom is -0.479 e. The molecule has 0 fully saturated rings. The van der Waals surface area contributed by atoms with Crippen molar-refractivity contribution in [1.29, 1.82) is 0 Å². The molecule has 2 N–H and O–H groups in total. The van der Waals surface area contributed by atoms with E-state index in [1.54, 1.807) is 12.1 Å². The number of halogens is 1. The first kappa shape index (κ1) is 13.6. The fourth-order valence-electron chi connectivity index (χ4n) is 3.03. The Balaban J connectivity index is 2.08. The fraction of sp³-hybridized carbons (Fsp3) is 0.235. The van der Waals surface area contributed by atoms with Crippen LogP contribution in [0.4, 0.5) is 10.1 Å². The highest BCUT2D eigenvalue weighted by molar-refractivity contribution is 5.86. The maximum Gasteiger partial charge on any atom is 0.334 e. The van der Waals surface area contributed by atoms with Crippen LogP contribution in [0.15, 0.2) is 42.5 Å². The lowest BCUT2D eigenvalue weighted by atomic mass is 9.91. The largest absolute Gasteiger partial charge is 0.479 e. The van der Waals surface area contributed by atoms with Gasteiger partial charge in [-0.25, -0.2) is 9.18 Å². The number of carboxylic acid groups (broad SMARTS) is 1. The normalized spacial score (nSPS) is 20.1. The molecule has 0 aromatic heterocycles. The monoisotopic (exact) mass is 285 g/mol. The van der Waals surface area contributed by atoms with Crippen molar-refractivity contribution in [2.45, 2.75) is 25.3 Å². The van der Waals surface area contributed by atoms with E-state index in [9.17, 15) is 14.3 Å². The highest BCUT2D eigenvalue weighted by Gasteiger charge is 2.46. The number of aliphatic carboxylic acids is 1. The lowest BCUT2D eigenvalue weighted by Gasteiger charge is -2.28. The van der Waals surface area contributed by atoms with Gasteiger partial charge >= 0.3 is 5.97 Å². The number of hydrogen-bond acceptors (Lipinski definition) is 2. The number of carboxylic acids is 1. The summed E-state index contributed by atoms with van der Waals surface area (Å²) in [5.74, 6) is -1.31. The molecule has 3 nitrogen and oxygen atoms in total. The maximum absolute atomic E-state index is 13.9. The van der Waals surface area contributed by atoms with E-state index in [0.717, 1.165) is 11.3 Å². The zero-order valence-electron chi connectivity index (χ0n) is 11.7. The summed E-state index contributed by atoms with van der Waals surface area (Å²) in [5, 5.41) is 12.9. The minimum atomic E-state index is -1.26. The van der Waals surface area contributed by atoms with Crippen LogP contribution in [0.25, 0.3) is 0 Å². The van der Waals surface area contributed by atoms with E-state index in [2.05, 4.69) is 5.32 Å². The standard InChI is InChI=1S/C17H16FNO2/c1-11-4-2-5-12(10-11)19-17(16(20)21)9-8-13-14(17)6-3-7-15(13)18/h2-7,10,19H,8-9H2,1H3,(H,20,21). The van der Waals surface area contributed by atoms with Crippen molar-refractivity contribution in [1.82, 2.24) is 0 Å². The van der Waals surface area contributed by atoms with Gasteiger partial charge in [0, 0.05) is 5.69 Å². The van der Waals surface area contributed by atoms with Crippen molar-refractivity contribution in [3.63, 3.8) is 0 Å². The Morgan fingerprint density at radius 3 is 2.76 bits per heavy atom. The zero-order valence-corrected chi connectivity index (χ0v) is 11.7. The fourth-order valence-corrected chi connectivity index (χ4v) is 3.03. The molecule has 0 bridgehead atoms. The van der Waals surface area contributed by atoms with Crippen LogP contribution in [0, 0.1) is 12.7 Å². The van der Waals surface area contributed by atoms with Crippen LogP contribution in [0.1, 0.15) is 23.1 Å². The second-order valence-corrected chi connectivity index (χ2v) is 5.47. The quantitative estimate of drug-likeness (QED) is 0.907. The van der Waals surface area contributed by atoms with Crippen molar-refractivity contribution >= 4 is 11.7 Å². The number of hydrogen-bond donors (Lipinski definition) is 2. The molecular weight excluding hydrogens is 269 g/mol. The van der Waals surface area contributed by atoms with Crippen LogP contribution in [-0.4, -0.2) is 11.1 Å². The van der Waals surface area contributed by atoms with Gasteiger partial charge in [0.2, 0.25) is 0 Å². The molecule has 2 aromatic carbocycles. The molecule has 3 rings (SSSR count). The third-order valence-corrected chi connectivity index (χ3v) is 4.07. The van der Waals surface area contributed by atoms with Crippen molar-refractivity contribution in [3.8, 4) is 0 Å². The van der Waals surface area contributed by atoms with Crippen LogP contribution < -0.4 is 5.32 Å². The Hall–Kier alpha value is -2.36. The summed E-state index contributed by atoms with van der Waals surface area (Å²) >= 11 is 0. The van der Waals surface area contributed by atoms with Crippen LogP contribution in [0.2, 0.25) is 0 Å². The molecular formula is C17H16FNO2. The summed E-state index contributed by atoms with van der Waals surface area (Å²) in [5.41, 5.74) is 1.54. The molecule has 0 heterocycles. The van der Waals surface area contributed by atoms with Gasteiger partial charge in [-0.3, -0.25) is 0 Å². The predicted octanol–water partition coefficient (Wildman–Crippen LogP) is 3.47. The van der Waals surface area contributed by atoms with Gasteiger partial charge in [0.05, 0.1) is 0 Å². The van der Waals surface area contributed by atoms with Gasteiger partial charge in [-0.05, 0) is 54.7 Å². The van der Waals surface area contributed by atoms with Crippen LogP contribution in [0.3, 0.4) is 0 Å². The van der Waals surface area contributed by atoms with Crippen molar-refractivity contribution < 1.29 is 14.3 Å². The summed E-state index contributed by atoms with van der Waals surface area (Å²) in [6.07, 6.45) is 0.764. The van der Waals surface area contributed by atoms with Gasteiger partial charge in [0.25, 0.3) is 0 Å². The minimum absolute atomic E-state index is 0.332. The van der Waals surface area contributed by atoms with Gasteiger partial charge in [0.1, 0.15) is 5.82 Å². The van der Waals surface area contributed by atoms with Gasteiger partial charge in [-0.15, -0.1) is 0 Å². The second kappa shape index (κ2) is 4.88. The van der Waals surface area contributed by atoms with Gasteiger partial charge in [0.15, 0.2) is 5.54 Å². The Kier molecular flexibility index (Phi) is 3.16. The van der Waals surface area contributed by atoms with Crippen LogP contribution >= 0.6 is 0 Å². The molecule has 2 aromatic rings. The molecule has 1 unspecified atom stereocenters. The van der Waals surface area contributed by atoms with Gasteiger partial charge in [-0.2, -0.15) is 0 Å². The lowest BCUT2D eigenvalue weighted by Crippen LogP contribution is -2.41. The number of nitrogens with one attached hydrogen (secondary N) is 1. The van der Waals surface area contributed by atoms with Crippen LogP contribution in [-0.2, 0) is 16.8 Å². The van der Waals surface area contributed by atoms with E-state index in [1.807, 2.05) is 31.2 Å². The Bertz CT molecular complexity index is 714. The average molecular weight is 285 g/mol. The number of aryl methyl sites for hydroxylation is 1. The number of rotatable bonds is 3. The third-order valence-electron chi connectivity index (χ3n) is 4.07. The Morgan fingerprint density at radius 1 is 1.29 bits per heavy atom. The molecule has 0 saturated carbocycles. The summed E-state index contributed by atoms with van der Waals surface area (Å²) in [6.45, 7) is 1.95. The van der Waals surface area contributed by atoms with E-state index >= 15 is 0 Å². The first-order valence-corrected chi connectivity index (χ1v) is 6.89. The van der Waals surface area contributed by atoms with Crippen molar-refractivity contribution in [2.24, 2.45) is 0 Å². The SMILES string of the molecule is Cc1cccc(NC2(C(=O)O)CCc3c(F)cccc32)c1. The highest BCUT2D eigenvalue weighted by Crippen LogP contribution is 2.41. The number of carbonyl (C=O) groups is 1. The molecule has 0 saturated heterocycles. The summed E-state index contributed by atoms with van der Waals surface area (Å²) < 4.78 is 13.9. The topological polar surface area (TPSA) is 49.3 Å².